The number of amides is 1. The Labute approximate surface area is 146 Å². The first-order valence-electron chi connectivity index (χ1n) is 6.86. The van der Waals surface area contributed by atoms with E-state index in [4.69, 9.17) is 0 Å². The third kappa shape index (κ3) is 3.83. The second-order valence-corrected chi connectivity index (χ2v) is 6.91. The summed E-state index contributed by atoms with van der Waals surface area (Å²) in [7, 11) is 0. The molecule has 1 fully saturated rings. The highest BCUT2D eigenvalue weighted by Crippen LogP contribution is 2.30. The van der Waals surface area contributed by atoms with Gasteiger partial charge in [0.1, 0.15) is 5.75 Å². The molecule has 0 bridgehead atoms. The van der Waals surface area contributed by atoms with Gasteiger partial charge in [-0.05, 0) is 70.5 Å². The highest BCUT2D eigenvalue weighted by atomic mass is 79.9. The molecule has 6 heteroatoms. The number of aryl methyl sites for hydroxylation is 1. The van der Waals surface area contributed by atoms with Gasteiger partial charge in [0.2, 0.25) is 0 Å². The molecule has 0 unspecified atom stereocenters. The lowest BCUT2D eigenvalue weighted by Gasteiger charge is -1.99. The first kappa shape index (κ1) is 15.8. The van der Waals surface area contributed by atoms with E-state index in [1.54, 1.807) is 24.3 Å². The molecule has 23 heavy (non-hydrogen) atoms. The van der Waals surface area contributed by atoms with E-state index in [-0.39, 0.29) is 11.7 Å². The molecule has 0 atom stereocenters. The van der Waals surface area contributed by atoms with Crippen LogP contribution < -0.4 is 5.32 Å². The Hall–Kier alpha value is -2.05. The van der Waals surface area contributed by atoms with Gasteiger partial charge in [-0.15, -0.1) is 0 Å². The Balaban J connectivity index is 1.83. The molecule has 2 aromatic rings. The molecule has 4 nitrogen and oxygen atoms in total. The lowest BCUT2D eigenvalue weighted by Crippen LogP contribution is -2.19. The van der Waals surface area contributed by atoms with Crippen LogP contribution in [0.5, 0.6) is 5.75 Å². The van der Waals surface area contributed by atoms with E-state index in [0.29, 0.717) is 14.5 Å². The Morgan fingerprint density at radius 1 is 1.22 bits per heavy atom. The van der Waals surface area contributed by atoms with Gasteiger partial charge in [0.15, 0.2) is 5.17 Å². The van der Waals surface area contributed by atoms with Crippen molar-refractivity contribution in [2.75, 3.05) is 0 Å². The molecular formula is C17H13BrN2O2S. The molecule has 1 amide bonds. The van der Waals surface area contributed by atoms with Crippen molar-refractivity contribution in [3.05, 3.63) is 63.0 Å². The van der Waals surface area contributed by atoms with Gasteiger partial charge in [-0.25, -0.2) is 4.99 Å². The molecule has 1 aliphatic heterocycles. The van der Waals surface area contributed by atoms with Crippen molar-refractivity contribution >= 4 is 50.5 Å². The maximum atomic E-state index is 12.0. The second kappa shape index (κ2) is 6.60. The van der Waals surface area contributed by atoms with Crippen molar-refractivity contribution in [3.63, 3.8) is 0 Å². The number of rotatable bonds is 2. The van der Waals surface area contributed by atoms with Crippen LogP contribution in [0.25, 0.3) is 6.08 Å². The Morgan fingerprint density at radius 3 is 2.65 bits per heavy atom. The van der Waals surface area contributed by atoms with E-state index in [0.717, 1.165) is 16.8 Å². The molecule has 1 aliphatic rings. The number of nitrogens with one attached hydrogen (secondary N) is 1. The third-order valence-corrected chi connectivity index (χ3v) is 4.73. The normalized spacial score (nSPS) is 17.7. The zero-order valence-electron chi connectivity index (χ0n) is 12.2. The quantitative estimate of drug-likeness (QED) is 0.751. The molecule has 116 valence electrons. The third-order valence-electron chi connectivity index (χ3n) is 3.19. The van der Waals surface area contributed by atoms with Gasteiger partial charge in [0.25, 0.3) is 5.91 Å². The molecular weight excluding hydrogens is 376 g/mol. The number of hydrogen-bond donors (Lipinski definition) is 2. The largest absolute Gasteiger partial charge is 0.507 e. The SMILES string of the molecule is Cc1ccc(N=C2NC(=O)/C(=C/c3ccc(O)c(Br)c3)S2)cc1. The monoisotopic (exact) mass is 388 g/mol. The number of amidine groups is 1. The molecule has 2 aromatic carbocycles. The van der Waals surface area contributed by atoms with Crippen molar-refractivity contribution < 1.29 is 9.90 Å². The number of benzene rings is 2. The summed E-state index contributed by atoms with van der Waals surface area (Å²) < 4.78 is 0.587. The van der Waals surface area contributed by atoms with Crippen LogP contribution in [0.2, 0.25) is 0 Å². The van der Waals surface area contributed by atoms with Gasteiger partial charge < -0.3 is 10.4 Å². The lowest BCUT2D eigenvalue weighted by molar-refractivity contribution is -0.115. The number of aliphatic imine (C=N–C) groups is 1. The van der Waals surface area contributed by atoms with Crippen LogP contribution in [0.4, 0.5) is 5.69 Å². The summed E-state index contributed by atoms with van der Waals surface area (Å²) in [6.45, 7) is 2.01. The summed E-state index contributed by atoms with van der Waals surface area (Å²) in [5.41, 5.74) is 2.78. The van der Waals surface area contributed by atoms with Gasteiger partial charge in [-0.2, -0.15) is 0 Å². The zero-order valence-corrected chi connectivity index (χ0v) is 14.6. The highest BCUT2D eigenvalue weighted by Gasteiger charge is 2.23. The van der Waals surface area contributed by atoms with Crippen LogP contribution in [0, 0.1) is 6.92 Å². The van der Waals surface area contributed by atoms with Crippen LogP contribution >= 0.6 is 27.7 Å². The number of carbonyl (C=O) groups excluding carboxylic acids is 1. The fraction of sp³-hybridized carbons (Fsp3) is 0.0588. The van der Waals surface area contributed by atoms with E-state index in [1.165, 1.54) is 11.8 Å². The Morgan fingerprint density at radius 2 is 1.96 bits per heavy atom. The number of phenols is 1. The summed E-state index contributed by atoms with van der Waals surface area (Å²) in [6.07, 6.45) is 1.77. The number of halogens is 1. The number of thioether (sulfide) groups is 1. The van der Waals surface area contributed by atoms with Crippen molar-refractivity contribution in [1.82, 2.24) is 5.32 Å². The minimum absolute atomic E-state index is 0.164. The Bertz CT molecular complexity index is 829. The fourth-order valence-corrected chi connectivity index (χ4v) is 3.22. The smallest absolute Gasteiger partial charge is 0.264 e. The van der Waals surface area contributed by atoms with Gasteiger partial charge in [-0.3, -0.25) is 4.79 Å². The summed E-state index contributed by atoms with van der Waals surface area (Å²) in [5.74, 6) is -0.0117. The molecule has 0 radical (unpaired) electrons. The molecule has 0 aliphatic carbocycles. The van der Waals surface area contributed by atoms with Crippen molar-refractivity contribution in [2.45, 2.75) is 6.92 Å². The van der Waals surface area contributed by atoms with Crippen molar-refractivity contribution in [1.29, 1.82) is 0 Å². The van der Waals surface area contributed by atoms with Crippen molar-refractivity contribution in [3.8, 4) is 5.75 Å². The first-order valence-corrected chi connectivity index (χ1v) is 8.47. The highest BCUT2D eigenvalue weighted by molar-refractivity contribution is 9.10. The topological polar surface area (TPSA) is 61.7 Å². The first-order chi connectivity index (χ1) is 11.0. The fourth-order valence-electron chi connectivity index (χ4n) is 1.98. The van der Waals surface area contributed by atoms with Gasteiger partial charge in [0.05, 0.1) is 15.1 Å². The van der Waals surface area contributed by atoms with E-state index in [9.17, 15) is 9.90 Å². The van der Waals surface area contributed by atoms with E-state index in [2.05, 4.69) is 26.2 Å². The predicted octanol–water partition coefficient (Wildman–Crippen LogP) is 4.35. The minimum Gasteiger partial charge on any atom is -0.507 e. The maximum absolute atomic E-state index is 12.0. The van der Waals surface area contributed by atoms with Crippen LogP contribution in [-0.4, -0.2) is 16.2 Å². The predicted molar refractivity (Wildman–Crippen MR) is 97.8 cm³/mol. The van der Waals surface area contributed by atoms with E-state index in [1.807, 2.05) is 31.2 Å². The van der Waals surface area contributed by atoms with Crippen molar-refractivity contribution in [2.24, 2.45) is 4.99 Å². The average Bonchev–Trinajstić information content (AvgIpc) is 2.85. The number of nitrogens with zero attached hydrogens (tertiary/aromatic N) is 1. The minimum atomic E-state index is -0.176. The van der Waals surface area contributed by atoms with Crippen LogP contribution in [-0.2, 0) is 4.79 Å². The zero-order chi connectivity index (χ0) is 16.4. The summed E-state index contributed by atoms with van der Waals surface area (Å²) in [4.78, 5) is 17.0. The number of phenolic OH excluding ortho intramolecular Hbond substituents is 1. The van der Waals surface area contributed by atoms with Gasteiger partial charge in [-0.1, -0.05) is 23.8 Å². The molecule has 0 saturated carbocycles. The summed E-state index contributed by atoms with van der Waals surface area (Å²) in [6, 6.07) is 12.9. The van der Waals surface area contributed by atoms with Crippen LogP contribution in [0.3, 0.4) is 0 Å². The summed E-state index contributed by atoms with van der Waals surface area (Å²) >= 11 is 4.56. The van der Waals surface area contributed by atoms with Gasteiger partial charge in [0, 0.05) is 0 Å². The van der Waals surface area contributed by atoms with E-state index < -0.39 is 0 Å². The van der Waals surface area contributed by atoms with Gasteiger partial charge >= 0.3 is 0 Å². The molecule has 1 saturated heterocycles. The lowest BCUT2D eigenvalue weighted by atomic mass is 10.2. The van der Waals surface area contributed by atoms with Crippen LogP contribution in [0.15, 0.2) is 56.8 Å². The molecule has 0 spiro atoms. The average molecular weight is 389 g/mol. The molecule has 2 N–H and O–H groups in total. The molecule has 1 heterocycles. The molecule has 0 aromatic heterocycles. The number of aromatic hydroxyl groups is 1. The van der Waals surface area contributed by atoms with Crippen LogP contribution in [0.1, 0.15) is 11.1 Å². The Kier molecular flexibility index (Phi) is 4.54. The second-order valence-electron chi connectivity index (χ2n) is 5.03. The standard InChI is InChI=1S/C17H13BrN2O2S/c1-10-2-5-12(6-3-10)19-17-20-16(22)15(23-17)9-11-4-7-14(21)13(18)8-11/h2-9,21H,1H3,(H,19,20,22)/b15-9-. The molecule has 3 rings (SSSR count). The number of carbonyl (C=O) groups is 1. The maximum Gasteiger partial charge on any atom is 0.264 e. The number of hydrogen-bond acceptors (Lipinski definition) is 4. The summed E-state index contributed by atoms with van der Waals surface area (Å²) in [5, 5.41) is 12.8. The van der Waals surface area contributed by atoms with E-state index >= 15 is 0 Å².